The third-order valence-corrected chi connectivity index (χ3v) is 4.25. The molecular weight excluding hydrogens is 226 g/mol. The van der Waals surface area contributed by atoms with Gasteiger partial charge in [-0.1, -0.05) is 6.92 Å². The van der Waals surface area contributed by atoms with E-state index in [-0.39, 0.29) is 17.6 Å². The molecule has 0 radical (unpaired) electrons. The summed E-state index contributed by atoms with van der Waals surface area (Å²) in [4.78, 5) is 11.3. The average Bonchev–Trinajstić information content (AvgIpc) is 2.42. The van der Waals surface area contributed by atoms with E-state index in [1.165, 1.54) is 0 Å². The molecule has 4 nitrogen and oxygen atoms in total. The van der Waals surface area contributed by atoms with Gasteiger partial charge in [-0.05, 0) is 12.3 Å². The van der Waals surface area contributed by atoms with Gasteiger partial charge in [-0.3, -0.25) is 4.79 Å². The summed E-state index contributed by atoms with van der Waals surface area (Å²) < 4.78 is 24.2. The minimum absolute atomic E-state index is 0.0328. The molecule has 0 N–H and O–H groups in total. The lowest BCUT2D eigenvalue weighted by Gasteiger charge is -2.15. The fraction of sp³-hybridized carbons (Fsp3) is 0.875. The average molecular weight is 240 g/mol. The molecular formula is C8H14ClNO3S. The van der Waals surface area contributed by atoms with E-state index in [1.807, 2.05) is 6.92 Å². The van der Waals surface area contributed by atoms with Crippen LogP contribution in [0, 0.1) is 5.92 Å². The molecule has 1 unspecified atom stereocenters. The Bertz CT molecular complexity index is 315. The summed E-state index contributed by atoms with van der Waals surface area (Å²) in [6.07, 6.45) is 0.724. The van der Waals surface area contributed by atoms with E-state index < -0.39 is 10.0 Å². The Kier molecular flexibility index (Phi) is 3.78. The maximum atomic E-state index is 11.6. The van der Waals surface area contributed by atoms with Gasteiger partial charge in [-0.2, -0.15) is 0 Å². The molecule has 1 saturated heterocycles. The number of sulfonamides is 1. The van der Waals surface area contributed by atoms with Gasteiger partial charge in [0, 0.05) is 18.8 Å². The van der Waals surface area contributed by atoms with Crippen molar-refractivity contribution < 1.29 is 13.2 Å². The van der Waals surface area contributed by atoms with Crippen LogP contribution in [0.5, 0.6) is 0 Å². The second kappa shape index (κ2) is 4.49. The van der Waals surface area contributed by atoms with Crippen molar-refractivity contribution in [3.05, 3.63) is 0 Å². The molecule has 6 heteroatoms. The monoisotopic (exact) mass is 239 g/mol. The third-order valence-electron chi connectivity index (χ3n) is 2.15. The summed E-state index contributed by atoms with van der Waals surface area (Å²) in [5, 5.41) is 0. The molecule has 1 atom stereocenters. The van der Waals surface area contributed by atoms with Crippen molar-refractivity contribution >= 4 is 27.5 Å². The molecule has 0 aromatic carbocycles. The molecule has 0 bridgehead atoms. The molecule has 1 fully saturated rings. The Labute approximate surface area is 89.3 Å². The van der Waals surface area contributed by atoms with Gasteiger partial charge in [0.2, 0.25) is 15.9 Å². The van der Waals surface area contributed by atoms with E-state index in [0.29, 0.717) is 25.3 Å². The van der Waals surface area contributed by atoms with Gasteiger partial charge < -0.3 is 0 Å². The van der Waals surface area contributed by atoms with Crippen molar-refractivity contribution in [3.63, 3.8) is 0 Å². The largest absolute Gasteiger partial charge is 0.274 e. The summed E-state index contributed by atoms with van der Waals surface area (Å²) in [5.74, 6) is 0.117. The second-order valence-corrected chi connectivity index (χ2v) is 5.98. The van der Waals surface area contributed by atoms with E-state index in [2.05, 4.69) is 0 Å². The molecule has 0 aliphatic carbocycles. The maximum absolute atomic E-state index is 11.6. The quantitative estimate of drug-likeness (QED) is 0.683. The topological polar surface area (TPSA) is 54.5 Å². The molecule has 0 aromatic rings. The van der Waals surface area contributed by atoms with E-state index >= 15 is 0 Å². The van der Waals surface area contributed by atoms with Crippen molar-refractivity contribution in [1.82, 2.24) is 4.31 Å². The smallest absolute Gasteiger partial charge is 0.237 e. The highest BCUT2D eigenvalue weighted by Crippen LogP contribution is 2.20. The summed E-state index contributed by atoms with van der Waals surface area (Å²) in [7, 11) is -3.40. The van der Waals surface area contributed by atoms with Crippen LogP contribution in [-0.2, 0) is 14.8 Å². The van der Waals surface area contributed by atoms with Crippen LogP contribution in [0.4, 0.5) is 0 Å². The predicted octanol–water partition coefficient (Wildman–Crippen LogP) is 0.814. The van der Waals surface area contributed by atoms with Crippen LogP contribution in [-0.4, -0.2) is 36.8 Å². The number of rotatable bonds is 4. The van der Waals surface area contributed by atoms with Crippen LogP contribution in [0.1, 0.15) is 19.8 Å². The second-order valence-electron chi connectivity index (χ2n) is 3.59. The summed E-state index contributed by atoms with van der Waals surface area (Å²) in [6, 6.07) is 0. The van der Waals surface area contributed by atoms with Crippen LogP contribution >= 0.6 is 11.6 Å². The standard InChI is InChI=1S/C8H14ClNO3S/c1-7-5-8(11)10(6-7)14(12,13)4-2-3-9/h7H,2-6H2,1H3. The van der Waals surface area contributed by atoms with Crippen molar-refractivity contribution in [2.75, 3.05) is 18.2 Å². The first kappa shape index (κ1) is 11.8. The molecule has 82 valence electrons. The number of alkyl halides is 1. The van der Waals surface area contributed by atoms with E-state index in [0.717, 1.165) is 4.31 Å². The lowest BCUT2D eigenvalue weighted by atomic mass is 10.2. The molecule has 1 aliphatic heterocycles. The molecule has 14 heavy (non-hydrogen) atoms. The highest BCUT2D eigenvalue weighted by molar-refractivity contribution is 7.89. The predicted molar refractivity (Wildman–Crippen MR) is 54.6 cm³/mol. The number of carbonyl (C=O) groups excluding carboxylic acids is 1. The van der Waals surface area contributed by atoms with Crippen LogP contribution in [0.2, 0.25) is 0 Å². The van der Waals surface area contributed by atoms with Gasteiger partial charge in [0.25, 0.3) is 0 Å². The van der Waals surface area contributed by atoms with Crippen molar-refractivity contribution in [2.24, 2.45) is 5.92 Å². The maximum Gasteiger partial charge on any atom is 0.237 e. The number of nitrogens with zero attached hydrogens (tertiary/aromatic N) is 1. The van der Waals surface area contributed by atoms with E-state index in [1.54, 1.807) is 0 Å². The zero-order valence-electron chi connectivity index (χ0n) is 8.07. The van der Waals surface area contributed by atoms with Gasteiger partial charge in [0.1, 0.15) is 0 Å². The fourth-order valence-corrected chi connectivity index (χ4v) is 3.35. The van der Waals surface area contributed by atoms with E-state index in [9.17, 15) is 13.2 Å². The third kappa shape index (κ3) is 2.60. The number of halogens is 1. The zero-order valence-corrected chi connectivity index (χ0v) is 9.64. The normalized spacial score (nSPS) is 23.1. The van der Waals surface area contributed by atoms with Crippen LogP contribution < -0.4 is 0 Å². The van der Waals surface area contributed by atoms with Gasteiger partial charge in [-0.25, -0.2) is 12.7 Å². The lowest BCUT2D eigenvalue weighted by Crippen LogP contribution is -2.34. The zero-order chi connectivity index (χ0) is 10.8. The minimum Gasteiger partial charge on any atom is -0.274 e. The SMILES string of the molecule is CC1CC(=O)N(S(=O)(=O)CCCCl)C1. The Balaban J connectivity index is 2.68. The Morgan fingerprint density at radius 3 is 2.64 bits per heavy atom. The summed E-state index contributed by atoms with van der Waals surface area (Å²) in [6.45, 7) is 2.19. The first-order valence-electron chi connectivity index (χ1n) is 4.56. The first-order valence-corrected chi connectivity index (χ1v) is 6.71. The molecule has 1 rings (SSSR count). The van der Waals surface area contributed by atoms with Crippen LogP contribution in [0.15, 0.2) is 0 Å². The molecule has 1 heterocycles. The summed E-state index contributed by atoms with van der Waals surface area (Å²) >= 11 is 5.41. The van der Waals surface area contributed by atoms with Crippen molar-refractivity contribution in [2.45, 2.75) is 19.8 Å². The highest BCUT2D eigenvalue weighted by Gasteiger charge is 2.34. The van der Waals surface area contributed by atoms with Gasteiger partial charge >= 0.3 is 0 Å². The number of hydrogen-bond donors (Lipinski definition) is 0. The van der Waals surface area contributed by atoms with Gasteiger partial charge in [-0.15, -0.1) is 11.6 Å². The highest BCUT2D eigenvalue weighted by atomic mass is 35.5. The molecule has 1 aliphatic rings. The Morgan fingerprint density at radius 1 is 1.57 bits per heavy atom. The van der Waals surface area contributed by atoms with Crippen LogP contribution in [0.3, 0.4) is 0 Å². The number of hydrogen-bond acceptors (Lipinski definition) is 3. The van der Waals surface area contributed by atoms with Gasteiger partial charge in [0.05, 0.1) is 5.75 Å². The minimum atomic E-state index is -3.40. The van der Waals surface area contributed by atoms with Gasteiger partial charge in [0.15, 0.2) is 0 Å². The number of carbonyl (C=O) groups is 1. The van der Waals surface area contributed by atoms with Crippen molar-refractivity contribution in [1.29, 1.82) is 0 Å². The molecule has 0 aromatic heterocycles. The lowest BCUT2D eigenvalue weighted by molar-refractivity contribution is -0.123. The first-order chi connectivity index (χ1) is 6.47. The van der Waals surface area contributed by atoms with Crippen LogP contribution in [0.25, 0.3) is 0 Å². The summed E-state index contributed by atoms with van der Waals surface area (Å²) in [5.41, 5.74) is 0. The molecule has 0 spiro atoms. The fourth-order valence-electron chi connectivity index (χ4n) is 1.47. The Morgan fingerprint density at radius 2 is 2.21 bits per heavy atom. The van der Waals surface area contributed by atoms with Crippen molar-refractivity contribution in [3.8, 4) is 0 Å². The number of amides is 1. The molecule has 0 saturated carbocycles. The Hall–Kier alpha value is -0.290. The molecule has 1 amide bonds. The van der Waals surface area contributed by atoms with E-state index in [4.69, 9.17) is 11.6 Å².